The molecule has 0 aliphatic heterocycles. The second-order valence-corrected chi connectivity index (χ2v) is 6.92. The molecule has 5 aromatic rings. The summed E-state index contributed by atoms with van der Waals surface area (Å²) in [7, 11) is 0. The number of aromatic carboxylic acids is 1. The van der Waals surface area contributed by atoms with Crippen LogP contribution in [0.4, 0.5) is 0 Å². The van der Waals surface area contributed by atoms with Gasteiger partial charge in [0.2, 0.25) is 0 Å². The lowest BCUT2D eigenvalue weighted by Crippen LogP contribution is -2.02. The van der Waals surface area contributed by atoms with Crippen LogP contribution in [0.2, 0.25) is 0 Å². The Hall–Kier alpha value is -4.45. The first-order chi connectivity index (χ1) is 15.2. The van der Waals surface area contributed by atoms with Crippen LogP contribution in [0.25, 0.3) is 28.0 Å². The largest absolute Gasteiger partial charge is 0.477 e. The van der Waals surface area contributed by atoms with E-state index in [9.17, 15) is 9.90 Å². The summed E-state index contributed by atoms with van der Waals surface area (Å²) in [6.45, 7) is 0. The predicted molar refractivity (Wildman–Crippen MR) is 117 cm³/mol. The van der Waals surface area contributed by atoms with Crippen molar-refractivity contribution < 1.29 is 14.6 Å². The van der Waals surface area contributed by atoms with Gasteiger partial charge in [-0.15, -0.1) is 0 Å². The van der Waals surface area contributed by atoms with Crippen molar-refractivity contribution in [3.63, 3.8) is 0 Å². The summed E-state index contributed by atoms with van der Waals surface area (Å²) in [5, 5.41) is 13.8. The number of hydrogen-bond donors (Lipinski definition) is 1. The predicted octanol–water partition coefficient (Wildman–Crippen LogP) is 5.55. The number of fused-ring (bicyclic) bond motifs is 1. The molecule has 2 aromatic heterocycles. The molecule has 0 saturated carbocycles. The molecule has 0 fully saturated rings. The van der Waals surface area contributed by atoms with Gasteiger partial charge in [-0.1, -0.05) is 48.5 Å². The molecular formula is C25H17N3O3. The Morgan fingerprint density at radius 1 is 0.774 bits per heavy atom. The molecular weight excluding hydrogens is 390 g/mol. The fourth-order valence-electron chi connectivity index (χ4n) is 3.49. The Kier molecular flexibility index (Phi) is 4.65. The number of carbonyl (C=O) groups is 1. The van der Waals surface area contributed by atoms with Gasteiger partial charge in [0.15, 0.2) is 5.65 Å². The summed E-state index contributed by atoms with van der Waals surface area (Å²) in [6, 6.07) is 27.0. The molecule has 1 N–H and O–H groups in total. The van der Waals surface area contributed by atoms with E-state index >= 15 is 0 Å². The van der Waals surface area contributed by atoms with E-state index in [1.165, 1.54) is 6.20 Å². The number of nitrogens with zero attached hydrogens (tertiary/aromatic N) is 3. The van der Waals surface area contributed by atoms with Crippen molar-refractivity contribution in [2.75, 3.05) is 0 Å². The van der Waals surface area contributed by atoms with Crippen LogP contribution in [0.3, 0.4) is 0 Å². The molecule has 3 aromatic carbocycles. The minimum Gasteiger partial charge on any atom is -0.477 e. The quantitative estimate of drug-likeness (QED) is 0.413. The molecule has 0 bridgehead atoms. The zero-order chi connectivity index (χ0) is 21.2. The van der Waals surface area contributed by atoms with Crippen LogP contribution < -0.4 is 4.74 Å². The standard InChI is InChI=1S/C25H17N3O3/c29-25(30)22-16-27-28-23(21(15-26-24(22)28)17-7-3-1-4-8-17)18-11-13-20(14-12-18)31-19-9-5-2-6-10-19/h1-16H,(H,29,30). The van der Waals surface area contributed by atoms with Crippen molar-refractivity contribution in [1.29, 1.82) is 0 Å². The Morgan fingerprint density at radius 3 is 2.10 bits per heavy atom. The molecule has 6 heteroatoms. The van der Waals surface area contributed by atoms with Crippen molar-refractivity contribution in [1.82, 2.24) is 14.6 Å². The van der Waals surface area contributed by atoms with Crippen LogP contribution in [-0.2, 0) is 0 Å². The highest BCUT2D eigenvalue weighted by Crippen LogP contribution is 2.34. The summed E-state index contributed by atoms with van der Waals surface area (Å²) in [5.74, 6) is 0.394. The molecule has 0 radical (unpaired) electrons. The highest BCUT2D eigenvalue weighted by molar-refractivity contribution is 5.95. The second-order valence-electron chi connectivity index (χ2n) is 6.92. The lowest BCUT2D eigenvalue weighted by molar-refractivity contribution is 0.0698. The lowest BCUT2D eigenvalue weighted by atomic mass is 10.0. The fourth-order valence-corrected chi connectivity index (χ4v) is 3.49. The molecule has 2 heterocycles. The first-order valence-electron chi connectivity index (χ1n) is 9.69. The maximum atomic E-state index is 11.6. The lowest BCUT2D eigenvalue weighted by Gasteiger charge is -2.13. The third-order valence-electron chi connectivity index (χ3n) is 4.95. The van der Waals surface area contributed by atoms with Crippen LogP contribution in [0.15, 0.2) is 97.3 Å². The van der Waals surface area contributed by atoms with E-state index in [4.69, 9.17) is 4.74 Å². The highest BCUT2D eigenvalue weighted by atomic mass is 16.5. The Bertz CT molecular complexity index is 1360. The normalized spacial score (nSPS) is 10.8. The van der Waals surface area contributed by atoms with Gasteiger partial charge < -0.3 is 9.84 Å². The van der Waals surface area contributed by atoms with E-state index < -0.39 is 5.97 Å². The number of carboxylic acids is 1. The van der Waals surface area contributed by atoms with Crippen molar-refractivity contribution in [2.45, 2.75) is 0 Å². The Morgan fingerprint density at radius 2 is 1.42 bits per heavy atom. The molecule has 0 atom stereocenters. The summed E-state index contributed by atoms with van der Waals surface area (Å²) in [4.78, 5) is 16.0. The molecule has 150 valence electrons. The SMILES string of the molecule is O=C(O)c1cnn2c(-c3ccc(Oc4ccccc4)cc3)c(-c3ccccc3)cnc12. The number of carboxylic acid groups (broad SMARTS) is 1. The molecule has 0 spiro atoms. The highest BCUT2D eigenvalue weighted by Gasteiger charge is 2.19. The molecule has 0 saturated heterocycles. The van der Waals surface area contributed by atoms with Gasteiger partial charge in [-0.2, -0.15) is 5.10 Å². The molecule has 0 aliphatic rings. The number of hydrogen-bond acceptors (Lipinski definition) is 4. The third kappa shape index (κ3) is 3.51. The van der Waals surface area contributed by atoms with E-state index in [1.807, 2.05) is 84.9 Å². The van der Waals surface area contributed by atoms with Crippen LogP contribution in [0.1, 0.15) is 10.4 Å². The smallest absolute Gasteiger partial charge is 0.341 e. The van der Waals surface area contributed by atoms with Gasteiger partial charge in [0.25, 0.3) is 0 Å². The van der Waals surface area contributed by atoms with Crippen LogP contribution in [0.5, 0.6) is 11.5 Å². The molecule has 0 amide bonds. The van der Waals surface area contributed by atoms with Crippen molar-refractivity contribution >= 4 is 11.6 Å². The maximum Gasteiger partial charge on any atom is 0.341 e. The Labute approximate surface area is 178 Å². The second kappa shape index (κ2) is 7.76. The topological polar surface area (TPSA) is 76.7 Å². The number of benzene rings is 3. The van der Waals surface area contributed by atoms with Crippen LogP contribution >= 0.6 is 0 Å². The molecule has 31 heavy (non-hydrogen) atoms. The van der Waals surface area contributed by atoms with E-state index in [0.717, 1.165) is 28.1 Å². The third-order valence-corrected chi connectivity index (χ3v) is 4.95. The van der Waals surface area contributed by atoms with E-state index in [2.05, 4.69) is 10.1 Å². The monoisotopic (exact) mass is 407 g/mol. The number of ether oxygens (including phenoxy) is 1. The van der Waals surface area contributed by atoms with Gasteiger partial charge in [0.05, 0.1) is 11.9 Å². The molecule has 0 aliphatic carbocycles. The van der Waals surface area contributed by atoms with E-state index in [-0.39, 0.29) is 5.56 Å². The van der Waals surface area contributed by atoms with Crippen molar-refractivity contribution in [3.05, 3.63) is 103 Å². The van der Waals surface area contributed by atoms with Crippen molar-refractivity contribution in [2.24, 2.45) is 0 Å². The van der Waals surface area contributed by atoms with Gasteiger partial charge in [0.1, 0.15) is 17.1 Å². The summed E-state index contributed by atoms with van der Waals surface area (Å²) in [6.07, 6.45) is 3.03. The zero-order valence-corrected chi connectivity index (χ0v) is 16.3. The van der Waals surface area contributed by atoms with E-state index in [1.54, 1.807) is 10.7 Å². The van der Waals surface area contributed by atoms with Gasteiger partial charge in [-0.05, 0) is 42.0 Å². The van der Waals surface area contributed by atoms with Crippen LogP contribution in [0, 0.1) is 0 Å². The summed E-state index contributed by atoms with van der Waals surface area (Å²) >= 11 is 0. The number of aromatic nitrogens is 3. The zero-order valence-electron chi connectivity index (χ0n) is 16.3. The van der Waals surface area contributed by atoms with Crippen molar-refractivity contribution in [3.8, 4) is 33.9 Å². The van der Waals surface area contributed by atoms with E-state index in [0.29, 0.717) is 11.4 Å². The maximum absolute atomic E-state index is 11.6. The first-order valence-corrected chi connectivity index (χ1v) is 9.69. The number of para-hydroxylation sites is 1. The molecule has 0 unspecified atom stereocenters. The average Bonchev–Trinajstić information content (AvgIpc) is 3.25. The number of rotatable bonds is 5. The van der Waals surface area contributed by atoms with Crippen LogP contribution in [-0.4, -0.2) is 25.7 Å². The minimum atomic E-state index is -1.06. The molecule has 6 nitrogen and oxygen atoms in total. The average molecular weight is 407 g/mol. The van der Waals surface area contributed by atoms with Gasteiger partial charge in [0, 0.05) is 17.3 Å². The summed E-state index contributed by atoms with van der Waals surface area (Å²) in [5.41, 5.74) is 3.80. The van der Waals surface area contributed by atoms with Gasteiger partial charge in [-0.3, -0.25) is 0 Å². The Balaban J connectivity index is 1.64. The fraction of sp³-hybridized carbons (Fsp3) is 0. The minimum absolute atomic E-state index is 0.0601. The molecule has 5 rings (SSSR count). The van der Waals surface area contributed by atoms with Gasteiger partial charge in [-0.25, -0.2) is 14.3 Å². The van der Waals surface area contributed by atoms with Gasteiger partial charge >= 0.3 is 5.97 Å². The summed E-state index contributed by atoms with van der Waals surface area (Å²) < 4.78 is 7.48. The first kappa shape index (κ1) is 18.6.